The summed E-state index contributed by atoms with van der Waals surface area (Å²) in [6.07, 6.45) is 0.644. The van der Waals surface area contributed by atoms with Crippen LogP contribution >= 0.6 is 7.14 Å². The summed E-state index contributed by atoms with van der Waals surface area (Å²) < 4.78 is 26.5. The van der Waals surface area contributed by atoms with Gasteiger partial charge in [0.05, 0.1) is 40.2 Å². The van der Waals surface area contributed by atoms with Gasteiger partial charge in [-0.2, -0.15) is 0 Å². The van der Waals surface area contributed by atoms with Crippen LogP contribution < -0.4 is 0 Å². The minimum Gasteiger partial charge on any atom is -0.382 e. The smallest absolute Gasteiger partial charge is 0.0841 e. The van der Waals surface area contributed by atoms with Crippen LogP contribution in [0.5, 0.6) is 0 Å². The standard InChI is InChI=1S/C9H21O4P/c1-11-4-5-12-6-7-13-8-9-14(2,3)10/h4-9H2,1-3H3. The van der Waals surface area contributed by atoms with E-state index < -0.39 is 7.14 Å². The number of methoxy groups -OCH3 is 1. The average molecular weight is 224 g/mol. The van der Waals surface area contributed by atoms with E-state index >= 15 is 0 Å². The van der Waals surface area contributed by atoms with Gasteiger partial charge in [0.15, 0.2) is 0 Å². The van der Waals surface area contributed by atoms with Gasteiger partial charge in [0, 0.05) is 13.3 Å². The molecule has 0 saturated heterocycles. The number of rotatable bonds is 9. The quantitative estimate of drug-likeness (QED) is 0.437. The summed E-state index contributed by atoms with van der Waals surface area (Å²) in [6, 6.07) is 0. The lowest BCUT2D eigenvalue weighted by Gasteiger charge is -2.07. The summed E-state index contributed by atoms with van der Waals surface area (Å²) >= 11 is 0. The van der Waals surface area contributed by atoms with Gasteiger partial charge in [-0.25, -0.2) is 0 Å². The van der Waals surface area contributed by atoms with E-state index in [0.29, 0.717) is 39.2 Å². The van der Waals surface area contributed by atoms with E-state index in [2.05, 4.69) is 0 Å². The zero-order valence-corrected chi connectivity index (χ0v) is 10.2. The van der Waals surface area contributed by atoms with Crippen LogP contribution in [0.15, 0.2) is 0 Å². The van der Waals surface area contributed by atoms with Crippen LogP contribution in [0.2, 0.25) is 0 Å². The molecule has 0 rings (SSSR count). The first-order valence-electron chi connectivity index (χ1n) is 4.74. The van der Waals surface area contributed by atoms with E-state index in [1.807, 2.05) is 0 Å². The third-order valence-electron chi connectivity index (χ3n) is 1.58. The zero-order valence-electron chi connectivity index (χ0n) is 9.32. The summed E-state index contributed by atoms with van der Waals surface area (Å²) in [4.78, 5) is 0. The van der Waals surface area contributed by atoms with Crippen molar-refractivity contribution in [3.05, 3.63) is 0 Å². The molecule has 0 saturated carbocycles. The summed E-state index contributed by atoms with van der Waals surface area (Å²) in [6.45, 7) is 6.43. The van der Waals surface area contributed by atoms with Crippen molar-refractivity contribution in [2.75, 3.05) is 59.6 Å². The third kappa shape index (κ3) is 12.1. The Bertz CT molecular complexity index is 166. The largest absolute Gasteiger partial charge is 0.382 e. The number of ether oxygens (including phenoxy) is 3. The van der Waals surface area contributed by atoms with Gasteiger partial charge in [-0.3, -0.25) is 0 Å². The molecule has 0 heterocycles. The summed E-state index contributed by atoms with van der Waals surface area (Å²) in [5.41, 5.74) is 0. The Morgan fingerprint density at radius 2 is 1.43 bits per heavy atom. The zero-order chi connectivity index (χ0) is 10.9. The van der Waals surface area contributed by atoms with Crippen LogP contribution in [-0.2, 0) is 18.8 Å². The average Bonchev–Trinajstić information content (AvgIpc) is 2.08. The lowest BCUT2D eigenvalue weighted by Crippen LogP contribution is -2.10. The molecule has 5 heteroatoms. The lowest BCUT2D eigenvalue weighted by molar-refractivity contribution is 0.0284. The van der Waals surface area contributed by atoms with Crippen LogP contribution in [0.3, 0.4) is 0 Å². The monoisotopic (exact) mass is 224 g/mol. The van der Waals surface area contributed by atoms with Gasteiger partial charge in [0.2, 0.25) is 0 Å². The molecule has 0 N–H and O–H groups in total. The van der Waals surface area contributed by atoms with Crippen LogP contribution in [-0.4, -0.2) is 59.6 Å². The van der Waals surface area contributed by atoms with Crippen molar-refractivity contribution >= 4 is 7.14 Å². The summed E-state index contributed by atoms with van der Waals surface area (Å²) in [5.74, 6) is 0. The van der Waals surface area contributed by atoms with Gasteiger partial charge in [0.1, 0.15) is 0 Å². The SMILES string of the molecule is COCCOCCOCCP(C)(C)=O. The van der Waals surface area contributed by atoms with Gasteiger partial charge in [-0.05, 0) is 13.3 Å². The minimum atomic E-state index is -1.92. The first kappa shape index (κ1) is 14.1. The van der Waals surface area contributed by atoms with E-state index in [1.54, 1.807) is 20.4 Å². The normalized spacial score (nSPS) is 11.9. The molecule has 4 nitrogen and oxygen atoms in total. The van der Waals surface area contributed by atoms with Crippen LogP contribution in [0.4, 0.5) is 0 Å². The van der Waals surface area contributed by atoms with E-state index in [9.17, 15) is 4.57 Å². The molecule has 14 heavy (non-hydrogen) atoms. The highest BCUT2D eigenvalue weighted by molar-refractivity contribution is 7.62. The molecule has 0 atom stereocenters. The topological polar surface area (TPSA) is 44.8 Å². The molecule has 0 aliphatic rings. The molecule has 0 aliphatic carbocycles. The molecule has 0 aliphatic heterocycles. The minimum absolute atomic E-state index is 0.553. The Kier molecular flexibility index (Phi) is 8.49. The molecule has 0 aromatic heterocycles. The van der Waals surface area contributed by atoms with Crippen molar-refractivity contribution < 1.29 is 18.8 Å². The van der Waals surface area contributed by atoms with Crippen LogP contribution in [0.25, 0.3) is 0 Å². The van der Waals surface area contributed by atoms with Gasteiger partial charge < -0.3 is 18.8 Å². The Morgan fingerprint density at radius 3 is 1.93 bits per heavy atom. The Balaban J connectivity index is 3.03. The van der Waals surface area contributed by atoms with Crippen molar-refractivity contribution in [1.82, 2.24) is 0 Å². The van der Waals surface area contributed by atoms with Gasteiger partial charge in [-0.15, -0.1) is 0 Å². The molecule has 86 valence electrons. The van der Waals surface area contributed by atoms with E-state index in [0.717, 1.165) is 0 Å². The van der Waals surface area contributed by atoms with Gasteiger partial charge in [-0.1, -0.05) is 0 Å². The maximum Gasteiger partial charge on any atom is 0.0841 e. The van der Waals surface area contributed by atoms with Crippen molar-refractivity contribution in [3.63, 3.8) is 0 Å². The molecule has 0 fully saturated rings. The molecular weight excluding hydrogens is 203 g/mol. The second-order valence-electron chi connectivity index (χ2n) is 3.52. The van der Waals surface area contributed by atoms with Crippen molar-refractivity contribution in [3.8, 4) is 0 Å². The first-order valence-corrected chi connectivity index (χ1v) is 7.53. The predicted octanol–water partition coefficient (Wildman–Crippen LogP) is 1.29. The van der Waals surface area contributed by atoms with Crippen LogP contribution in [0.1, 0.15) is 0 Å². The lowest BCUT2D eigenvalue weighted by atomic mass is 10.7. The highest BCUT2D eigenvalue weighted by Gasteiger charge is 2.05. The molecule has 0 unspecified atom stereocenters. The highest BCUT2D eigenvalue weighted by atomic mass is 31.2. The third-order valence-corrected chi connectivity index (χ3v) is 2.84. The molecule has 0 spiro atoms. The van der Waals surface area contributed by atoms with Crippen LogP contribution in [0, 0.1) is 0 Å². The van der Waals surface area contributed by atoms with Gasteiger partial charge in [0.25, 0.3) is 0 Å². The maximum absolute atomic E-state index is 11.3. The fraction of sp³-hybridized carbons (Fsp3) is 1.00. The summed E-state index contributed by atoms with van der Waals surface area (Å²) in [7, 11) is -0.279. The molecule has 0 amide bonds. The molecule has 0 radical (unpaired) electrons. The molecule has 0 aromatic rings. The van der Waals surface area contributed by atoms with Gasteiger partial charge >= 0.3 is 0 Å². The Hall–Kier alpha value is 0.110. The van der Waals surface area contributed by atoms with Crippen molar-refractivity contribution in [2.24, 2.45) is 0 Å². The maximum atomic E-state index is 11.3. The number of hydrogen-bond donors (Lipinski definition) is 0. The molecular formula is C9H21O4P. The van der Waals surface area contributed by atoms with Crippen molar-refractivity contribution in [2.45, 2.75) is 0 Å². The van der Waals surface area contributed by atoms with E-state index in [1.165, 1.54) is 0 Å². The molecule has 0 bridgehead atoms. The van der Waals surface area contributed by atoms with E-state index in [4.69, 9.17) is 14.2 Å². The highest BCUT2D eigenvalue weighted by Crippen LogP contribution is 2.34. The second kappa shape index (κ2) is 8.42. The number of hydrogen-bond acceptors (Lipinski definition) is 4. The van der Waals surface area contributed by atoms with Crippen molar-refractivity contribution in [1.29, 1.82) is 0 Å². The summed E-state index contributed by atoms with van der Waals surface area (Å²) in [5, 5.41) is 0. The fourth-order valence-electron chi connectivity index (χ4n) is 0.749. The first-order chi connectivity index (χ1) is 6.56. The fourth-order valence-corrected chi connectivity index (χ4v) is 1.32. The second-order valence-corrected chi connectivity index (χ2v) is 7.11. The van der Waals surface area contributed by atoms with E-state index in [-0.39, 0.29) is 0 Å². The molecule has 0 aromatic carbocycles. The Morgan fingerprint density at radius 1 is 0.929 bits per heavy atom. The predicted molar refractivity (Wildman–Crippen MR) is 57.8 cm³/mol. The Labute approximate surface area is 86.3 Å².